The average molecular weight is 294 g/mol. The van der Waals surface area contributed by atoms with Crippen LogP contribution in [-0.4, -0.2) is 12.9 Å². The fourth-order valence-electron chi connectivity index (χ4n) is 2.43. The maximum Gasteiger partial charge on any atom is 0.154 e. The SMILES string of the molecule is CCCCOc1ccc2oc(-c3ccccc3)cc2c1C=O. The molecule has 1 heterocycles. The average Bonchev–Trinajstić information content (AvgIpc) is 3.00. The summed E-state index contributed by atoms with van der Waals surface area (Å²) in [7, 11) is 0. The van der Waals surface area contributed by atoms with E-state index < -0.39 is 0 Å². The molecule has 112 valence electrons. The largest absolute Gasteiger partial charge is 0.493 e. The predicted octanol–water partition coefficient (Wildman–Crippen LogP) is 5.09. The van der Waals surface area contributed by atoms with Crippen molar-refractivity contribution in [3.63, 3.8) is 0 Å². The lowest BCUT2D eigenvalue weighted by atomic mass is 10.1. The number of hydrogen-bond donors (Lipinski definition) is 0. The molecule has 0 aliphatic carbocycles. The van der Waals surface area contributed by atoms with Crippen molar-refractivity contribution < 1.29 is 13.9 Å². The van der Waals surface area contributed by atoms with Gasteiger partial charge in [-0.25, -0.2) is 0 Å². The van der Waals surface area contributed by atoms with E-state index in [-0.39, 0.29) is 0 Å². The smallest absolute Gasteiger partial charge is 0.154 e. The minimum Gasteiger partial charge on any atom is -0.493 e. The molecule has 0 amide bonds. The van der Waals surface area contributed by atoms with Crippen molar-refractivity contribution in [3.8, 4) is 17.1 Å². The highest BCUT2D eigenvalue weighted by molar-refractivity contribution is 6.00. The van der Waals surface area contributed by atoms with Crippen molar-refractivity contribution >= 4 is 17.3 Å². The van der Waals surface area contributed by atoms with Crippen LogP contribution in [0.25, 0.3) is 22.3 Å². The first-order chi connectivity index (χ1) is 10.8. The van der Waals surface area contributed by atoms with Gasteiger partial charge in [-0.1, -0.05) is 43.7 Å². The molecule has 3 heteroatoms. The molecular formula is C19H18O3. The molecule has 0 spiro atoms. The summed E-state index contributed by atoms with van der Waals surface area (Å²) in [5, 5.41) is 0.794. The zero-order chi connectivity index (χ0) is 15.4. The van der Waals surface area contributed by atoms with Gasteiger partial charge in [0.2, 0.25) is 0 Å². The molecule has 0 saturated carbocycles. The maximum absolute atomic E-state index is 11.5. The van der Waals surface area contributed by atoms with Crippen molar-refractivity contribution in [2.75, 3.05) is 6.61 Å². The standard InChI is InChI=1S/C19H18O3/c1-2-3-11-21-17-9-10-18-15(16(17)13-20)12-19(22-18)14-7-5-4-6-8-14/h4-10,12-13H,2-3,11H2,1H3. The summed E-state index contributed by atoms with van der Waals surface area (Å²) in [5.41, 5.74) is 2.24. The van der Waals surface area contributed by atoms with Gasteiger partial charge in [0.15, 0.2) is 6.29 Å². The molecular weight excluding hydrogens is 276 g/mol. The van der Waals surface area contributed by atoms with E-state index in [1.165, 1.54) is 0 Å². The number of fused-ring (bicyclic) bond motifs is 1. The van der Waals surface area contributed by atoms with Crippen LogP contribution in [0.2, 0.25) is 0 Å². The van der Waals surface area contributed by atoms with Gasteiger partial charge in [-0.3, -0.25) is 4.79 Å². The van der Waals surface area contributed by atoms with Gasteiger partial charge in [0, 0.05) is 10.9 Å². The Morgan fingerprint density at radius 2 is 1.95 bits per heavy atom. The molecule has 3 aromatic rings. The molecule has 0 atom stereocenters. The number of ether oxygens (including phenoxy) is 1. The number of hydrogen-bond acceptors (Lipinski definition) is 3. The Bertz CT molecular complexity index is 772. The zero-order valence-electron chi connectivity index (χ0n) is 12.5. The van der Waals surface area contributed by atoms with E-state index in [0.717, 1.165) is 35.8 Å². The van der Waals surface area contributed by atoms with E-state index in [1.807, 2.05) is 42.5 Å². The Labute approximate surface area is 129 Å². The van der Waals surface area contributed by atoms with Gasteiger partial charge >= 0.3 is 0 Å². The van der Waals surface area contributed by atoms with Crippen molar-refractivity contribution in [2.24, 2.45) is 0 Å². The van der Waals surface area contributed by atoms with E-state index in [2.05, 4.69) is 6.92 Å². The Balaban J connectivity index is 2.02. The van der Waals surface area contributed by atoms with Crippen molar-refractivity contribution in [2.45, 2.75) is 19.8 Å². The highest BCUT2D eigenvalue weighted by atomic mass is 16.5. The Kier molecular flexibility index (Phi) is 4.24. The lowest BCUT2D eigenvalue weighted by Crippen LogP contribution is -1.99. The summed E-state index contributed by atoms with van der Waals surface area (Å²) in [4.78, 5) is 11.5. The zero-order valence-corrected chi connectivity index (χ0v) is 12.5. The second-order valence-electron chi connectivity index (χ2n) is 5.19. The van der Waals surface area contributed by atoms with Crippen LogP contribution in [0.1, 0.15) is 30.1 Å². The molecule has 0 aliphatic rings. The molecule has 0 N–H and O–H groups in total. The monoisotopic (exact) mass is 294 g/mol. The van der Waals surface area contributed by atoms with Crippen LogP contribution in [0, 0.1) is 0 Å². The van der Waals surface area contributed by atoms with Crippen molar-refractivity contribution in [1.82, 2.24) is 0 Å². The van der Waals surface area contributed by atoms with Gasteiger partial charge < -0.3 is 9.15 Å². The second-order valence-corrected chi connectivity index (χ2v) is 5.19. The summed E-state index contributed by atoms with van der Waals surface area (Å²) < 4.78 is 11.6. The third-order valence-electron chi connectivity index (χ3n) is 3.63. The van der Waals surface area contributed by atoms with Crippen molar-refractivity contribution in [3.05, 3.63) is 54.1 Å². The lowest BCUT2D eigenvalue weighted by Gasteiger charge is -2.07. The van der Waals surface area contributed by atoms with Crippen molar-refractivity contribution in [1.29, 1.82) is 0 Å². The molecule has 3 rings (SSSR count). The first-order valence-corrected chi connectivity index (χ1v) is 7.53. The number of aldehydes is 1. The Morgan fingerprint density at radius 3 is 2.68 bits per heavy atom. The molecule has 0 radical (unpaired) electrons. The van der Waals surface area contributed by atoms with Gasteiger partial charge in [-0.05, 0) is 24.6 Å². The molecule has 1 aromatic heterocycles. The summed E-state index contributed by atoms with van der Waals surface area (Å²) in [5.74, 6) is 1.38. The van der Waals surface area contributed by atoms with E-state index >= 15 is 0 Å². The topological polar surface area (TPSA) is 39.4 Å². The van der Waals surface area contributed by atoms with Gasteiger partial charge in [0.25, 0.3) is 0 Å². The van der Waals surface area contributed by atoms with Crippen LogP contribution in [0.4, 0.5) is 0 Å². The number of benzene rings is 2. The normalized spacial score (nSPS) is 10.8. The number of furan rings is 1. The van der Waals surface area contributed by atoms with E-state index in [1.54, 1.807) is 6.07 Å². The molecule has 2 aromatic carbocycles. The minimum atomic E-state index is 0.555. The fourth-order valence-corrected chi connectivity index (χ4v) is 2.43. The van der Waals surface area contributed by atoms with E-state index in [4.69, 9.17) is 9.15 Å². The van der Waals surface area contributed by atoms with Crippen LogP contribution in [-0.2, 0) is 0 Å². The third-order valence-corrected chi connectivity index (χ3v) is 3.63. The molecule has 0 aliphatic heterocycles. The number of unbranched alkanes of at least 4 members (excludes halogenated alkanes) is 1. The molecule has 0 saturated heterocycles. The number of rotatable bonds is 6. The van der Waals surface area contributed by atoms with Crippen LogP contribution < -0.4 is 4.74 Å². The van der Waals surface area contributed by atoms with Crippen LogP contribution in [0.3, 0.4) is 0 Å². The molecule has 0 unspecified atom stereocenters. The summed E-state index contributed by atoms with van der Waals surface area (Å²) in [6.45, 7) is 2.72. The fraction of sp³-hybridized carbons (Fsp3) is 0.211. The summed E-state index contributed by atoms with van der Waals surface area (Å²) in [6.07, 6.45) is 2.87. The Hall–Kier alpha value is -2.55. The second kappa shape index (κ2) is 6.48. The third kappa shape index (κ3) is 2.75. The number of carbonyl (C=O) groups excluding carboxylic acids is 1. The predicted molar refractivity (Wildman–Crippen MR) is 87.4 cm³/mol. The Morgan fingerprint density at radius 1 is 1.14 bits per heavy atom. The quantitative estimate of drug-likeness (QED) is 0.469. The van der Waals surface area contributed by atoms with Crippen LogP contribution in [0.5, 0.6) is 5.75 Å². The molecule has 0 fully saturated rings. The first kappa shape index (κ1) is 14.4. The number of carbonyl (C=O) groups is 1. The lowest BCUT2D eigenvalue weighted by molar-refractivity contribution is 0.112. The van der Waals surface area contributed by atoms with Gasteiger partial charge in [-0.2, -0.15) is 0 Å². The summed E-state index contributed by atoms with van der Waals surface area (Å²) in [6, 6.07) is 15.4. The molecule has 0 bridgehead atoms. The highest BCUT2D eigenvalue weighted by Crippen LogP contribution is 2.33. The highest BCUT2D eigenvalue weighted by Gasteiger charge is 2.13. The summed E-state index contributed by atoms with van der Waals surface area (Å²) >= 11 is 0. The maximum atomic E-state index is 11.5. The minimum absolute atomic E-state index is 0.555. The van der Waals surface area contributed by atoms with Crippen LogP contribution >= 0.6 is 0 Å². The van der Waals surface area contributed by atoms with E-state index in [0.29, 0.717) is 23.5 Å². The van der Waals surface area contributed by atoms with Gasteiger partial charge in [0.05, 0.1) is 12.2 Å². The van der Waals surface area contributed by atoms with Gasteiger partial charge in [0.1, 0.15) is 17.1 Å². The van der Waals surface area contributed by atoms with Crippen LogP contribution in [0.15, 0.2) is 52.9 Å². The van der Waals surface area contributed by atoms with E-state index in [9.17, 15) is 4.79 Å². The molecule has 22 heavy (non-hydrogen) atoms. The molecule has 3 nitrogen and oxygen atoms in total. The first-order valence-electron chi connectivity index (χ1n) is 7.53. The van der Waals surface area contributed by atoms with Gasteiger partial charge in [-0.15, -0.1) is 0 Å².